The van der Waals surface area contributed by atoms with Crippen LogP contribution in [-0.4, -0.2) is 35.5 Å². The van der Waals surface area contributed by atoms with Gasteiger partial charge >= 0.3 is 0 Å². The number of hydrogen-bond donors (Lipinski definition) is 1. The van der Waals surface area contributed by atoms with Crippen LogP contribution in [0, 0.1) is 0 Å². The Hall–Kier alpha value is -0.570. The van der Waals surface area contributed by atoms with Gasteiger partial charge in [-0.25, -0.2) is 0 Å². The van der Waals surface area contributed by atoms with Crippen molar-refractivity contribution in [3.05, 3.63) is 0 Å². The molecule has 1 atom stereocenters. The van der Waals surface area contributed by atoms with E-state index in [0.29, 0.717) is 18.0 Å². The molecule has 0 aromatic rings. The molecule has 1 unspecified atom stereocenters. The third-order valence-electron chi connectivity index (χ3n) is 3.11. The molecule has 1 N–H and O–H groups in total. The van der Waals surface area contributed by atoms with Crippen molar-refractivity contribution in [3.63, 3.8) is 0 Å². The zero-order valence-corrected chi connectivity index (χ0v) is 9.12. The molecule has 0 radical (unpaired) electrons. The van der Waals surface area contributed by atoms with Gasteiger partial charge in [-0.05, 0) is 39.5 Å². The van der Waals surface area contributed by atoms with Gasteiger partial charge in [0.15, 0.2) is 0 Å². The highest BCUT2D eigenvalue weighted by Gasteiger charge is 2.33. The number of rotatable bonds is 3. The van der Waals surface area contributed by atoms with Gasteiger partial charge in [0.25, 0.3) is 0 Å². The third kappa shape index (κ3) is 2.08. The number of carbonyl (C=O) groups is 1. The summed E-state index contributed by atoms with van der Waals surface area (Å²) in [6, 6.07) is 1.10. The molecule has 0 spiro atoms. The van der Waals surface area contributed by atoms with E-state index in [0.717, 1.165) is 19.4 Å². The topological polar surface area (TPSA) is 32.3 Å². The lowest BCUT2D eigenvalue weighted by Gasteiger charge is -2.35. The minimum absolute atomic E-state index is 0.110. The summed E-state index contributed by atoms with van der Waals surface area (Å²) < 4.78 is 0. The highest BCUT2D eigenvalue weighted by molar-refractivity contribution is 5.82. The van der Waals surface area contributed by atoms with Crippen molar-refractivity contribution >= 4 is 5.91 Å². The summed E-state index contributed by atoms with van der Waals surface area (Å²) in [5.74, 6) is 0.318. The summed E-state index contributed by atoms with van der Waals surface area (Å²) in [6.07, 6.45) is 4.68. The largest absolute Gasteiger partial charge is 0.339 e. The molecule has 0 aromatic heterocycles. The molecule has 80 valence electrons. The van der Waals surface area contributed by atoms with Gasteiger partial charge in [-0.1, -0.05) is 0 Å². The number of carbonyl (C=O) groups excluding carboxylic acids is 1. The fraction of sp³-hybridized carbons (Fsp3) is 0.909. The number of piperidine rings is 1. The minimum Gasteiger partial charge on any atom is -0.339 e. The van der Waals surface area contributed by atoms with Crippen molar-refractivity contribution in [2.75, 3.05) is 6.54 Å². The Morgan fingerprint density at radius 1 is 1.36 bits per heavy atom. The van der Waals surface area contributed by atoms with E-state index in [9.17, 15) is 4.79 Å². The van der Waals surface area contributed by atoms with Crippen molar-refractivity contribution in [2.45, 2.75) is 57.7 Å². The number of hydrogen-bond acceptors (Lipinski definition) is 2. The van der Waals surface area contributed by atoms with E-state index in [4.69, 9.17) is 0 Å². The third-order valence-corrected chi connectivity index (χ3v) is 3.11. The first-order valence-corrected chi connectivity index (χ1v) is 5.75. The van der Waals surface area contributed by atoms with Crippen LogP contribution in [-0.2, 0) is 4.79 Å². The highest BCUT2D eigenvalue weighted by atomic mass is 16.2. The predicted octanol–water partition coefficient (Wildman–Crippen LogP) is 1.14. The molecule has 1 saturated carbocycles. The smallest absolute Gasteiger partial charge is 0.239 e. The van der Waals surface area contributed by atoms with Crippen LogP contribution in [0.2, 0.25) is 0 Å². The van der Waals surface area contributed by atoms with Crippen molar-refractivity contribution in [3.8, 4) is 0 Å². The van der Waals surface area contributed by atoms with Gasteiger partial charge in [-0.3, -0.25) is 4.79 Å². The van der Waals surface area contributed by atoms with Crippen LogP contribution in [0.15, 0.2) is 0 Å². The second-order valence-electron chi connectivity index (χ2n) is 4.76. The molecule has 0 bridgehead atoms. The van der Waals surface area contributed by atoms with Gasteiger partial charge < -0.3 is 10.2 Å². The first-order valence-electron chi connectivity index (χ1n) is 5.75. The Kier molecular flexibility index (Phi) is 2.77. The van der Waals surface area contributed by atoms with Crippen LogP contribution in [0.5, 0.6) is 0 Å². The molecule has 1 heterocycles. The van der Waals surface area contributed by atoms with E-state index in [2.05, 4.69) is 19.2 Å². The first kappa shape index (κ1) is 9.97. The summed E-state index contributed by atoms with van der Waals surface area (Å²) >= 11 is 0. The van der Waals surface area contributed by atoms with Gasteiger partial charge in [-0.15, -0.1) is 0 Å². The summed E-state index contributed by atoms with van der Waals surface area (Å²) in [4.78, 5) is 14.0. The standard InChI is InChI=1S/C11H20N2O/c1-8(2)13-7-3-4-10(11(13)14)12-9-5-6-9/h8-10,12H,3-7H2,1-2H3. The molecule has 14 heavy (non-hydrogen) atoms. The van der Waals surface area contributed by atoms with Gasteiger partial charge in [0.1, 0.15) is 0 Å². The molecular formula is C11H20N2O. The Labute approximate surface area is 85.8 Å². The van der Waals surface area contributed by atoms with E-state index < -0.39 is 0 Å². The monoisotopic (exact) mass is 196 g/mol. The van der Waals surface area contributed by atoms with E-state index in [1.54, 1.807) is 0 Å². The zero-order valence-electron chi connectivity index (χ0n) is 9.12. The predicted molar refractivity (Wildman–Crippen MR) is 56.0 cm³/mol. The van der Waals surface area contributed by atoms with Crippen molar-refractivity contribution in [1.29, 1.82) is 0 Å². The molecular weight excluding hydrogens is 176 g/mol. The average molecular weight is 196 g/mol. The normalized spacial score (nSPS) is 28.6. The second-order valence-corrected chi connectivity index (χ2v) is 4.76. The molecule has 1 saturated heterocycles. The quantitative estimate of drug-likeness (QED) is 0.734. The average Bonchev–Trinajstić information content (AvgIpc) is 2.92. The Bertz CT molecular complexity index is 223. The Balaban J connectivity index is 1.93. The fourth-order valence-electron chi connectivity index (χ4n) is 2.10. The van der Waals surface area contributed by atoms with Crippen LogP contribution in [0.4, 0.5) is 0 Å². The van der Waals surface area contributed by atoms with Crippen molar-refractivity contribution < 1.29 is 4.79 Å². The van der Waals surface area contributed by atoms with E-state index in [1.165, 1.54) is 12.8 Å². The molecule has 1 amide bonds. The van der Waals surface area contributed by atoms with Crippen LogP contribution in [0.25, 0.3) is 0 Å². The SMILES string of the molecule is CC(C)N1CCCC(NC2CC2)C1=O. The Morgan fingerprint density at radius 2 is 2.07 bits per heavy atom. The Morgan fingerprint density at radius 3 is 2.64 bits per heavy atom. The molecule has 0 aromatic carbocycles. The number of nitrogens with zero attached hydrogens (tertiary/aromatic N) is 1. The number of nitrogens with one attached hydrogen (secondary N) is 1. The van der Waals surface area contributed by atoms with Gasteiger partial charge in [-0.2, -0.15) is 0 Å². The highest BCUT2D eigenvalue weighted by Crippen LogP contribution is 2.23. The minimum atomic E-state index is 0.110. The maximum atomic E-state index is 12.0. The molecule has 2 fully saturated rings. The molecule has 2 rings (SSSR count). The van der Waals surface area contributed by atoms with Gasteiger partial charge in [0, 0.05) is 18.6 Å². The molecule has 2 aliphatic rings. The summed E-state index contributed by atoms with van der Waals surface area (Å²) in [7, 11) is 0. The van der Waals surface area contributed by atoms with Crippen molar-refractivity contribution in [1.82, 2.24) is 10.2 Å². The fourth-order valence-corrected chi connectivity index (χ4v) is 2.10. The lowest BCUT2D eigenvalue weighted by atomic mass is 10.0. The summed E-state index contributed by atoms with van der Waals surface area (Å²) in [6.45, 7) is 5.13. The van der Waals surface area contributed by atoms with Crippen LogP contribution >= 0.6 is 0 Å². The molecule has 3 nitrogen and oxygen atoms in total. The van der Waals surface area contributed by atoms with Crippen LogP contribution < -0.4 is 5.32 Å². The molecule has 1 aliphatic carbocycles. The van der Waals surface area contributed by atoms with Crippen LogP contribution in [0.1, 0.15) is 39.5 Å². The second kappa shape index (κ2) is 3.89. The van der Waals surface area contributed by atoms with Crippen molar-refractivity contribution in [2.24, 2.45) is 0 Å². The van der Waals surface area contributed by atoms with Gasteiger partial charge in [0.2, 0.25) is 5.91 Å². The van der Waals surface area contributed by atoms with E-state index in [-0.39, 0.29) is 6.04 Å². The maximum absolute atomic E-state index is 12.0. The number of amides is 1. The summed E-state index contributed by atoms with van der Waals surface area (Å²) in [5.41, 5.74) is 0. The maximum Gasteiger partial charge on any atom is 0.239 e. The van der Waals surface area contributed by atoms with E-state index >= 15 is 0 Å². The van der Waals surface area contributed by atoms with E-state index in [1.807, 2.05) is 4.90 Å². The van der Waals surface area contributed by atoms with Gasteiger partial charge in [0.05, 0.1) is 6.04 Å². The lowest BCUT2D eigenvalue weighted by Crippen LogP contribution is -2.53. The zero-order chi connectivity index (χ0) is 10.1. The first-order chi connectivity index (χ1) is 6.68. The van der Waals surface area contributed by atoms with Crippen LogP contribution in [0.3, 0.4) is 0 Å². The summed E-state index contributed by atoms with van der Waals surface area (Å²) in [5, 5.41) is 3.44. The molecule has 1 aliphatic heterocycles. The number of likely N-dealkylation sites (tertiary alicyclic amines) is 1. The molecule has 3 heteroatoms. The lowest BCUT2D eigenvalue weighted by molar-refractivity contribution is -0.137.